The van der Waals surface area contributed by atoms with Crippen molar-refractivity contribution in [2.75, 3.05) is 26.9 Å². The lowest BCUT2D eigenvalue weighted by atomic mass is 10.0. The Hall–Kier alpha value is -1.66. The van der Waals surface area contributed by atoms with Gasteiger partial charge in [0.2, 0.25) is 5.88 Å². The maximum absolute atomic E-state index is 13.1. The van der Waals surface area contributed by atoms with Crippen LogP contribution in [-0.2, 0) is 9.47 Å². The summed E-state index contributed by atoms with van der Waals surface area (Å²) in [6.07, 6.45) is 6.06. The molecule has 130 valence electrons. The van der Waals surface area contributed by atoms with E-state index in [2.05, 4.69) is 4.98 Å². The van der Waals surface area contributed by atoms with E-state index in [1.54, 1.807) is 18.3 Å². The first kappa shape index (κ1) is 15.8. The van der Waals surface area contributed by atoms with Gasteiger partial charge in [-0.15, -0.1) is 0 Å². The molecule has 2 saturated heterocycles. The fraction of sp³-hybridized carbons (Fsp3) is 0.667. The van der Waals surface area contributed by atoms with Crippen molar-refractivity contribution in [2.45, 2.75) is 43.9 Å². The molecule has 3 atom stereocenters. The maximum atomic E-state index is 13.1. The van der Waals surface area contributed by atoms with Crippen LogP contribution in [0.4, 0.5) is 0 Å². The normalized spacial score (nSPS) is 29.4. The number of carbonyl (C=O) groups excluding carboxylic acids is 1. The lowest BCUT2D eigenvalue weighted by Crippen LogP contribution is -2.44. The molecule has 2 aliphatic heterocycles. The summed E-state index contributed by atoms with van der Waals surface area (Å²) >= 11 is 0. The zero-order valence-corrected chi connectivity index (χ0v) is 14.0. The van der Waals surface area contributed by atoms with Crippen LogP contribution in [-0.4, -0.2) is 60.9 Å². The molecule has 1 aliphatic carbocycles. The van der Waals surface area contributed by atoms with E-state index in [0.717, 1.165) is 26.1 Å². The average molecular weight is 332 g/mol. The summed E-state index contributed by atoms with van der Waals surface area (Å²) in [6.45, 7) is 2.12. The summed E-state index contributed by atoms with van der Waals surface area (Å²) in [7, 11) is 1.54. The van der Waals surface area contributed by atoms with E-state index < -0.39 is 0 Å². The van der Waals surface area contributed by atoms with Crippen LogP contribution < -0.4 is 4.74 Å². The van der Waals surface area contributed by atoms with E-state index in [1.807, 2.05) is 4.90 Å². The number of pyridine rings is 1. The molecular formula is C18H24N2O4. The van der Waals surface area contributed by atoms with Gasteiger partial charge in [0.1, 0.15) is 17.8 Å². The number of nitrogens with zero attached hydrogens (tertiary/aromatic N) is 2. The van der Waals surface area contributed by atoms with Gasteiger partial charge in [-0.3, -0.25) is 4.79 Å². The molecule has 0 bridgehead atoms. The van der Waals surface area contributed by atoms with E-state index in [4.69, 9.17) is 14.2 Å². The highest BCUT2D eigenvalue weighted by Crippen LogP contribution is 2.35. The van der Waals surface area contributed by atoms with Gasteiger partial charge in [0.05, 0.1) is 19.7 Å². The van der Waals surface area contributed by atoms with E-state index in [-0.39, 0.29) is 24.2 Å². The standard InChI is InChI=1S/C18H24N2O4/c1-22-17-13(4-2-8-19-17)18(21)20-10-15(24-11-12-6-7-12)16-14(20)5-3-9-23-16/h2,4,8,12,14-16H,3,5-7,9-11H2,1H3/t14-,15+,16+/m0/s1. The van der Waals surface area contributed by atoms with Gasteiger partial charge >= 0.3 is 0 Å². The lowest BCUT2D eigenvalue weighted by Gasteiger charge is -2.32. The summed E-state index contributed by atoms with van der Waals surface area (Å²) < 4.78 is 17.3. The highest BCUT2D eigenvalue weighted by Gasteiger charge is 2.47. The number of fused-ring (bicyclic) bond motifs is 1. The molecule has 0 radical (unpaired) electrons. The van der Waals surface area contributed by atoms with Gasteiger partial charge in [0, 0.05) is 19.4 Å². The van der Waals surface area contributed by atoms with Gasteiger partial charge in [0.15, 0.2) is 0 Å². The summed E-state index contributed by atoms with van der Waals surface area (Å²) in [4.78, 5) is 19.1. The molecule has 1 saturated carbocycles. The predicted octanol–water partition coefficient (Wildman–Crippen LogP) is 1.89. The molecule has 0 aromatic carbocycles. The lowest BCUT2D eigenvalue weighted by molar-refractivity contribution is -0.0781. The monoisotopic (exact) mass is 332 g/mol. The van der Waals surface area contributed by atoms with Crippen LogP contribution in [0.3, 0.4) is 0 Å². The predicted molar refractivity (Wildman–Crippen MR) is 87.1 cm³/mol. The van der Waals surface area contributed by atoms with E-state index in [9.17, 15) is 4.79 Å². The number of hydrogen-bond donors (Lipinski definition) is 0. The van der Waals surface area contributed by atoms with Crippen molar-refractivity contribution in [1.82, 2.24) is 9.88 Å². The zero-order chi connectivity index (χ0) is 16.5. The van der Waals surface area contributed by atoms with Crippen LogP contribution in [0.25, 0.3) is 0 Å². The largest absolute Gasteiger partial charge is 0.480 e. The Morgan fingerprint density at radius 1 is 1.42 bits per heavy atom. The summed E-state index contributed by atoms with van der Waals surface area (Å²) in [5.41, 5.74) is 0.507. The Labute approximate surface area is 142 Å². The Balaban J connectivity index is 1.53. The molecule has 0 unspecified atom stereocenters. The quantitative estimate of drug-likeness (QED) is 0.824. The minimum atomic E-state index is -0.0435. The average Bonchev–Trinajstić information content (AvgIpc) is 3.39. The SMILES string of the molecule is COc1ncccc1C(=O)N1C[C@@H](OCC2CC2)[C@@H]2OCCC[C@@H]21. The van der Waals surface area contributed by atoms with E-state index in [0.29, 0.717) is 23.9 Å². The minimum absolute atomic E-state index is 0.0101. The van der Waals surface area contributed by atoms with Crippen molar-refractivity contribution in [1.29, 1.82) is 0 Å². The van der Waals surface area contributed by atoms with Gasteiger partial charge in [-0.05, 0) is 43.7 Å². The van der Waals surface area contributed by atoms with Crippen LogP contribution in [0.15, 0.2) is 18.3 Å². The summed E-state index contributed by atoms with van der Waals surface area (Å²) in [6, 6.07) is 3.62. The zero-order valence-electron chi connectivity index (χ0n) is 14.0. The second kappa shape index (κ2) is 6.69. The number of rotatable bonds is 5. The molecule has 0 N–H and O–H groups in total. The van der Waals surface area contributed by atoms with Crippen LogP contribution >= 0.6 is 0 Å². The number of aromatic nitrogens is 1. The van der Waals surface area contributed by atoms with Crippen LogP contribution in [0, 0.1) is 5.92 Å². The van der Waals surface area contributed by atoms with Crippen molar-refractivity contribution in [3.8, 4) is 5.88 Å². The first-order chi connectivity index (χ1) is 11.8. The molecule has 3 fully saturated rings. The number of ether oxygens (including phenoxy) is 3. The summed E-state index contributed by atoms with van der Waals surface area (Å²) in [5.74, 6) is 1.03. The number of methoxy groups -OCH3 is 1. The highest BCUT2D eigenvalue weighted by atomic mass is 16.5. The minimum Gasteiger partial charge on any atom is -0.480 e. The highest BCUT2D eigenvalue weighted by molar-refractivity contribution is 5.96. The van der Waals surface area contributed by atoms with Crippen molar-refractivity contribution < 1.29 is 19.0 Å². The van der Waals surface area contributed by atoms with Crippen molar-refractivity contribution in [3.05, 3.63) is 23.9 Å². The third kappa shape index (κ3) is 3.00. The smallest absolute Gasteiger partial charge is 0.259 e. The van der Waals surface area contributed by atoms with E-state index >= 15 is 0 Å². The molecule has 1 aromatic heterocycles. The molecule has 4 rings (SSSR count). The molecule has 6 nitrogen and oxygen atoms in total. The second-order valence-corrected chi connectivity index (χ2v) is 6.88. The number of carbonyl (C=O) groups is 1. The molecule has 1 aromatic rings. The van der Waals surface area contributed by atoms with Gasteiger partial charge in [-0.2, -0.15) is 0 Å². The van der Waals surface area contributed by atoms with Gasteiger partial charge in [-0.1, -0.05) is 0 Å². The molecule has 0 spiro atoms. The first-order valence-electron chi connectivity index (χ1n) is 8.81. The maximum Gasteiger partial charge on any atom is 0.259 e. The van der Waals surface area contributed by atoms with Gasteiger partial charge in [0.25, 0.3) is 5.91 Å². The van der Waals surface area contributed by atoms with E-state index in [1.165, 1.54) is 20.0 Å². The Kier molecular flexibility index (Phi) is 4.41. The molecular weight excluding hydrogens is 308 g/mol. The van der Waals surface area contributed by atoms with Crippen molar-refractivity contribution >= 4 is 5.91 Å². The van der Waals surface area contributed by atoms with Crippen LogP contribution in [0.1, 0.15) is 36.0 Å². The second-order valence-electron chi connectivity index (χ2n) is 6.88. The third-order valence-electron chi connectivity index (χ3n) is 5.18. The van der Waals surface area contributed by atoms with Gasteiger partial charge in [-0.25, -0.2) is 4.98 Å². The summed E-state index contributed by atoms with van der Waals surface area (Å²) in [5, 5.41) is 0. The fourth-order valence-corrected chi connectivity index (χ4v) is 3.70. The number of amides is 1. The number of likely N-dealkylation sites (tertiary alicyclic amines) is 1. The van der Waals surface area contributed by atoms with Crippen molar-refractivity contribution in [2.24, 2.45) is 5.92 Å². The van der Waals surface area contributed by atoms with Crippen molar-refractivity contribution in [3.63, 3.8) is 0 Å². The number of hydrogen-bond acceptors (Lipinski definition) is 5. The molecule has 24 heavy (non-hydrogen) atoms. The molecule has 6 heteroatoms. The topological polar surface area (TPSA) is 60.9 Å². The van der Waals surface area contributed by atoms with Gasteiger partial charge < -0.3 is 19.1 Å². The first-order valence-corrected chi connectivity index (χ1v) is 8.81. The van der Waals surface area contributed by atoms with Crippen LogP contribution in [0.5, 0.6) is 5.88 Å². The molecule has 3 aliphatic rings. The Morgan fingerprint density at radius 2 is 2.29 bits per heavy atom. The molecule has 1 amide bonds. The molecule has 3 heterocycles. The Bertz CT molecular complexity index is 604. The third-order valence-corrected chi connectivity index (χ3v) is 5.18. The Morgan fingerprint density at radius 3 is 3.08 bits per heavy atom. The fourth-order valence-electron chi connectivity index (χ4n) is 3.70. The van der Waals surface area contributed by atoms with Crippen LogP contribution in [0.2, 0.25) is 0 Å².